The monoisotopic (exact) mass is 278 g/mol. The van der Waals surface area contributed by atoms with E-state index in [-0.39, 0.29) is 0 Å². The van der Waals surface area contributed by atoms with E-state index in [1.807, 2.05) is 0 Å². The van der Waals surface area contributed by atoms with Gasteiger partial charge in [0, 0.05) is 30.6 Å². The maximum atomic E-state index is 5.63. The van der Waals surface area contributed by atoms with Gasteiger partial charge in [-0.3, -0.25) is 0 Å². The summed E-state index contributed by atoms with van der Waals surface area (Å²) in [6, 6.07) is 0. The summed E-state index contributed by atoms with van der Waals surface area (Å²) in [5.74, 6) is 0. The van der Waals surface area contributed by atoms with E-state index < -0.39 is 0 Å². The van der Waals surface area contributed by atoms with E-state index in [0.717, 1.165) is 38.2 Å². The third-order valence-corrected chi connectivity index (χ3v) is 4.30. The number of hydrogen-bond donors (Lipinski definition) is 0. The molecule has 0 N–H and O–H groups in total. The molecule has 1 aliphatic rings. The maximum absolute atomic E-state index is 5.63. The van der Waals surface area contributed by atoms with E-state index in [4.69, 9.17) is 9.47 Å². The molecule has 15 heavy (non-hydrogen) atoms. The van der Waals surface area contributed by atoms with Crippen molar-refractivity contribution in [2.75, 3.05) is 31.8 Å². The molecule has 1 fully saturated rings. The largest absolute Gasteiger partial charge is 0.381 e. The predicted molar refractivity (Wildman–Crippen MR) is 66.6 cm³/mol. The smallest absolute Gasteiger partial charge is 0.0531 e. The predicted octanol–water partition coefficient (Wildman–Crippen LogP) is 3.38. The van der Waals surface area contributed by atoms with Crippen molar-refractivity contribution in [3.63, 3.8) is 0 Å². The second-order valence-corrected chi connectivity index (χ2v) is 5.07. The van der Waals surface area contributed by atoms with E-state index in [0.29, 0.717) is 5.41 Å². The van der Waals surface area contributed by atoms with Crippen molar-refractivity contribution in [3.8, 4) is 0 Å². The van der Waals surface area contributed by atoms with Gasteiger partial charge in [-0.25, -0.2) is 0 Å². The van der Waals surface area contributed by atoms with Gasteiger partial charge >= 0.3 is 0 Å². The van der Waals surface area contributed by atoms with Gasteiger partial charge in [0.2, 0.25) is 0 Å². The van der Waals surface area contributed by atoms with Crippen LogP contribution in [0.25, 0.3) is 0 Å². The molecule has 2 nitrogen and oxygen atoms in total. The number of hydrogen-bond acceptors (Lipinski definition) is 2. The van der Waals surface area contributed by atoms with Crippen LogP contribution in [0.4, 0.5) is 0 Å². The third kappa shape index (κ3) is 4.83. The van der Waals surface area contributed by atoms with Crippen LogP contribution in [0.3, 0.4) is 0 Å². The zero-order valence-electron chi connectivity index (χ0n) is 9.77. The Hall–Kier alpha value is 0.400. The third-order valence-electron chi connectivity index (χ3n) is 3.11. The zero-order valence-corrected chi connectivity index (χ0v) is 11.4. The van der Waals surface area contributed by atoms with Crippen LogP contribution in [0.1, 0.15) is 39.0 Å². The van der Waals surface area contributed by atoms with E-state index in [2.05, 4.69) is 22.9 Å². The molecule has 1 saturated heterocycles. The van der Waals surface area contributed by atoms with Crippen LogP contribution < -0.4 is 0 Å². The van der Waals surface area contributed by atoms with Crippen LogP contribution in [0.15, 0.2) is 0 Å². The first-order valence-electron chi connectivity index (χ1n) is 6.04. The van der Waals surface area contributed by atoms with Gasteiger partial charge in [-0.1, -0.05) is 29.3 Å². The van der Waals surface area contributed by atoms with Gasteiger partial charge in [0.05, 0.1) is 6.61 Å². The molecule has 1 unspecified atom stereocenters. The molecule has 0 aliphatic carbocycles. The summed E-state index contributed by atoms with van der Waals surface area (Å²) in [6.45, 7) is 5.82. The molecule has 1 atom stereocenters. The minimum Gasteiger partial charge on any atom is -0.381 e. The summed E-state index contributed by atoms with van der Waals surface area (Å²) in [7, 11) is 0. The number of rotatable bonds is 7. The van der Waals surface area contributed by atoms with E-state index in [9.17, 15) is 0 Å². The SMILES string of the molecule is CCCCOCCC1(CBr)CCCOC1. The van der Waals surface area contributed by atoms with Gasteiger partial charge < -0.3 is 9.47 Å². The highest BCUT2D eigenvalue weighted by Gasteiger charge is 2.31. The summed E-state index contributed by atoms with van der Waals surface area (Å²) in [5, 5.41) is 1.04. The summed E-state index contributed by atoms with van der Waals surface area (Å²) < 4.78 is 11.2. The Bertz CT molecular complexity index is 156. The van der Waals surface area contributed by atoms with Gasteiger partial charge in [0.15, 0.2) is 0 Å². The Morgan fingerprint density at radius 3 is 2.87 bits per heavy atom. The van der Waals surface area contributed by atoms with Gasteiger partial charge in [-0.2, -0.15) is 0 Å². The molecule has 1 heterocycles. The second kappa shape index (κ2) is 7.64. The molecule has 90 valence electrons. The number of ether oxygens (including phenoxy) is 2. The topological polar surface area (TPSA) is 18.5 Å². The fourth-order valence-corrected chi connectivity index (χ4v) is 2.64. The molecule has 0 amide bonds. The van der Waals surface area contributed by atoms with Crippen molar-refractivity contribution >= 4 is 15.9 Å². The van der Waals surface area contributed by atoms with Crippen molar-refractivity contribution in [1.82, 2.24) is 0 Å². The van der Waals surface area contributed by atoms with Crippen LogP contribution in [0.5, 0.6) is 0 Å². The molecule has 3 heteroatoms. The van der Waals surface area contributed by atoms with Crippen molar-refractivity contribution in [1.29, 1.82) is 0 Å². The van der Waals surface area contributed by atoms with Gasteiger partial charge in [-0.15, -0.1) is 0 Å². The van der Waals surface area contributed by atoms with Crippen molar-refractivity contribution < 1.29 is 9.47 Å². The Morgan fingerprint density at radius 2 is 2.27 bits per heavy atom. The van der Waals surface area contributed by atoms with Crippen LogP contribution in [0.2, 0.25) is 0 Å². The lowest BCUT2D eigenvalue weighted by Crippen LogP contribution is -2.34. The van der Waals surface area contributed by atoms with Gasteiger partial charge in [-0.05, 0) is 25.7 Å². The molecule has 0 aromatic heterocycles. The molecule has 0 bridgehead atoms. The standard InChI is InChI=1S/C12H23BrO2/c1-2-3-7-14-9-6-12(10-13)5-4-8-15-11-12/h2-11H2,1H3. The fourth-order valence-electron chi connectivity index (χ4n) is 1.92. The molecule has 0 radical (unpaired) electrons. The lowest BCUT2D eigenvalue weighted by Gasteiger charge is -2.35. The number of alkyl halides is 1. The molecule has 0 aromatic carbocycles. The van der Waals surface area contributed by atoms with Crippen LogP contribution in [-0.2, 0) is 9.47 Å². The maximum Gasteiger partial charge on any atom is 0.0531 e. The highest BCUT2D eigenvalue weighted by Crippen LogP contribution is 2.34. The lowest BCUT2D eigenvalue weighted by atomic mass is 9.82. The molecule has 0 aromatic rings. The normalized spacial score (nSPS) is 26.8. The minimum atomic E-state index is 0.338. The second-order valence-electron chi connectivity index (χ2n) is 4.51. The molecule has 1 rings (SSSR count). The van der Waals surface area contributed by atoms with Crippen LogP contribution in [0, 0.1) is 5.41 Å². The van der Waals surface area contributed by atoms with Gasteiger partial charge in [0.25, 0.3) is 0 Å². The highest BCUT2D eigenvalue weighted by molar-refractivity contribution is 9.09. The first-order valence-corrected chi connectivity index (χ1v) is 7.16. The number of unbranched alkanes of at least 4 members (excludes halogenated alkanes) is 1. The molecule has 0 saturated carbocycles. The Kier molecular flexibility index (Phi) is 6.86. The highest BCUT2D eigenvalue weighted by atomic mass is 79.9. The van der Waals surface area contributed by atoms with E-state index in [1.165, 1.54) is 25.7 Å². The Balaban J connectivity index is 2.15. The summed E-state index contributed by atoms with van der Waals surface area (Å²) in [5.41, 5.74) is 0.338. The van der Waals surface area contributed by atoms with Crippen LogP contribution >= 0.6 is 15.9 Å². The summed E-state index contributed by atoms with van der Waals surface area (Å²) in [6.07, 6.45) is 5.99. The minimum absolute atomic E-state index is 0.338. The Labute approximate surface area is 102 Å². The summed E-state index contributed by atoms with van der Waals surface area (Å²) in [4.78, 5) is 0. The van der Waals surface area contributed by atoms with Gasteiger partial charge in [0.1, 0.15) is 0 Å². The summed E-state index contributed by atoms with van der Waals surface area (Å²) >= 11 is 3.62. The molecule has 0 spiro atoms. The number of halogens is 1. The first-order chi connectivity index (χ1) is 7.33. The quantitative estimate of drug-likeness (QED) is 0.525. The average Bonchev–Trinajstić information content (AvgIpc) is 2.30. The molecular weight excluding hydrogens is 256 g/mol. The molecule has 1 aliphatic heterocycles. The fraction of sp³-hybridized carbons (Fsp3) is 1.00. The van der Waals surface area contributed by atoms with Crippen LogP contribution in [-0.4, -0.2) is 31.8 Å². The van der Waals surface area contributed by atoms with E-state index in [1.54, 1.807) is 0 Å². The lowest BCUT2D eigenvalue weighted by molar-refractivity contribution is -0.0146. The van der Waals surface area contributed by atoms with Crippen molar-refractivity contribution in [2.45, 2.75) is 39.0 Å². The average molecular weight is 279 g/mol. The Morgan fingerprint density at radius 1 is 1.40 bits per heavy atom. The van der Waals surface area contributed by atoms with Crippen molar-refractivity contribution in [3.05, 3.63) is 0 Å². The van der Waals surface area contributed by atoms with E-state index >= 15 is 0 Å². The first kappa shape index (κ1) is 13.5. The zero-order chi connectivity index (χ0) is 11.0. The molecular formula is C12H23BrO2. The van der Waals surface area contributed by atoms with Crippen molar-refractivity contribution in [2.24, 2.45) is 5.41 Å².